The first-order chi connectivity index (χ1) is 9.95. The lowest BCUT2D eigenvalue weighted by molar-refractivity contribution is -0.117. The van der Waals surface area contributed by atoms with Crippen molar-refractivity contribution >= 4 is 27.5 Å². The molecule has 2 aromatic rings. The lowest BCUT2D eigenvalue weighted by atomic mass is 10.1. The number of aryl methyl sites for hydroxylation is 1. The van der Waals surface area contributed by atoms with Gasteiger partial charge in [0, 0.05) is 10.2 Å². The maximum absolute atomic E-state index is 12.1. The largest absolute Gasteiger partial charge is 0.508 e. The van der Waals surface area contributed by atoms with E-state index < -0.39 is 6.04 Å². The van der Waals surface area contributed by atoms with Gasteiger partial charge in [-0.2, -0.15) is 0 Å². The Bertz CT molecular complexity index is 641. The number of hydrogen-bond acceptors (Lipinski definition) is 3. The molecule has 2 rings (SSSR count). The molecule has 0 saturated carbocycles. The molecule has 0 aromatic heterocycles. The number of nitrogens with two attached hydrogens (primary N) is 1. The molecule has 1 atom stereocenters. The lowest BCUT2D eigenvalue weighted by Gasteiger charge is -2.14. The molecule has 1 amide bonds. The minimum atomic E-state index is -0.645. The minimum absolute atomic E-state index is 0.196. The molecular weight excluding hydrogens is 332 g/mol. The number of benzene rings is 2. The van der Waals surface area contributed by atoms with Gasteiger partial charge in [-0.3, -0.25) is 4.79 Å². The molecule has 4 nitrogen and oxygen atoms in total. The van der Waals surface area contributed by atoms with Crippen LogP contribution in [0.3, 0.4) is 0 Å². The summed E-state index contributed by atoms with van der Waals surface area (Å²) < 4.78 is 0.899. The Balaban J connectivity index is 2.02. The number of hydrogen-bond donors (Lipinski definition) is 3. The summed E-state index contributed by atoms with van der Waals surface area (Å²) in [7, 11) is 0. The first-order valence-electron chi connectivity index (χ1n) is 6.56. The van der Waals surface area contributed by atoms with Gasteiger partial charge in [0.2, 0.25) is 5.91 Å². The third kappa shape index (κ3) is 4.31. The van der Waals surface area contributed by atoms with Crippen LogP contribution in [0.1, 0.15) is 11.1 Å². The van der Waals surface area contributed by atoms with Gasteiger partial charge in [-0.15, -0.1) is 0 Å². The van der Waals surface area contributed by atoms with E-state index in [4.69, 9.17) is 5.73 Å². The molecule has 0 aliphatic carbocycles. The fourth-order valence-corrected chi connectivity index (χ4v) is 2.29. The highest BCUT2D eigenvalue weighted by atomic mass is 79.9. The Morgan fingerprint density at radius 2 is 1.95 bits per heavy atom. The van der Waals surface area contributed by atoms with E-state index in [2.05, 4.69) is 21.2 Å². The highest BCUT2D eigenvalue weighted by Gasteiger charge is 2.15. The van der Waals surface area contributed by atoms with Crippen LogP contribution in [0.2, 0.25) is 0 Å². The van der Waals surface area contributed by atoms with Crippen molar-refractivity contribution in [2.24, 2.45) is 5.73 Å². The molecule has 0 spiro atoms. The molecule has 0 saturated heterocycles. The summed E-state index contributed by atoms with van der Waals surface area (Å²) in [6.07, 6.45) is 0.416. The SMILES string of the molecule is Cc1ccc(Br)cc1NC(=O)[C@H](N)Cc1ccc(O)cc1. The molecule has 0 heterocycles. The third-order valence-corrected chi connectivity index (χ3v) is 3.68. The number of nitrogens with one attached hydrogen (secondary N) is 1. The molecule has 0 fully saturated rings. The summed E-state index contributed by atoms with van der Waals surface area (Å²) in [4.78, 5) is 12.1. The molecule has 4 N–H and O–H groups in total. The van der Waals surface area contributed by atoms with E-state index in [1.807, 2.05) is 25.1 Å². The first kappa shape index (κ1) is 15.5. The Morgan fingerprint density at radius 3 is 2.62 bits per heavy atom. The molecule has 5 heteroatoms. The average Bonchev–Trinajstić information content (AvgIpc) is 2.45. The molecule has 0 unspecified atom stereocenters. The van der Waals surface area contributed by atoms with Gasteiger partial charge in [0.1, 0.15) is 5.75 Å². The van der Waals surface area contributed by atoms with Gasteiger partial charge >= 0.3 is 0 Å². The number of anilines is 1. The zero-order valence-corrected chi connectivity index (χ0v) is 13.2. The number of rotatable bonds is 4. The zero-order chi connectivity index (χ0) is 15.4. The number of halogens is 1. The van der Waals surface area contributed by atoms with Gasteiger partial charge in [-0.1, -0.05) is 34.1 Å². The smallest absolute Gasteiger partial charge is 0.241 e. The van der Waals surface area contributed by atoms with Crippen LogP contribution in [-0.4, -0.2) is 17.1 Å². The number of aromatic hydroxyl groups is 1. The maximum atomic E-state index is 12.1. The van der Waals surface area contributed by atoms with Crippen LogP contribution < -0.4 is 11.1 Å². The van der Waals surface area contributed by atoms with E-state index in [0.29, 0.717) is 6.42 Å². The zero-order valence-electron chi connectivity index (χ0n) is 11.6. The summed E-state index contributed by atoms with van der Waals surface area (Å²) in [5, 5.41) is 12.1. The molecule has 0 aliphatic rings. The van der Waals surface area contributed by atoms with Crippen LogP contribution in [0.4, 0.5) is 5.69 Å². The molecule has 21 heavy (non-hydrogen) atoms. The Hall–Kier alpha value is -1.85. The van der Waals surface area contributed by atoms with Crippen molar-refractivity contribution in [3.05, 3.63) is 58.1 Å². The van der Waals surface area contributed by atoms with Gasteiger partial charge in [-0.25, -0.2) is 0 Å². The number of amides is 1. The molecule has 0 aliphatic heterocycles. The van der Waals surface area contributed by atoms with Crippen molar-refractivity contribution in [3.8, 4) is 5.75 Å². The number of carbonyl (C=O) groups is 1. The second-order valence-electron chi connectivity index (χ2n) is 4.93. The molecule has 110 valence electrons. The predicted octanol–water partition coefficient (Wildman–Crippen LogP) is 2.97. The third-order valence-electron chi connectivity index (χ3n) is 3.19. The fourth-order valence-electron chi connectivity index (χ4n) is 1.93. The van der Waals surface area contributed by atoms with Crippen molar-refractivity contribution in [1.82, 2.24) is 0 Å². The van der Waals surface area contributed by atoms with E-state index >= 15 is 0 Å². The average molecular weight is 349 g/mol. The lowest BCUT2D eigenvalue weighted by Crippen LogP contribution is -2.37. The predicted molar refractivity (Wildman–Crippen MR) is 87.3 cm³/mol. The van der Waals surface area contributed by atoms with Crippen LogP contribution in [0.15, 0.2) is 46.9 Å². The van der Waals surface area contributed by atoms with E-state index in [-0.39, 0.29) is 11.7 Å². The van der Waals surface area contributed by atoms with Crippen LogP contribution >= 0.6 is 15.9 Å². The normalized spacial score (nSPS) is 12.0. The van der Waals surface area contributed by atoms with Gasteiger partial charge in [0.15, 0.2) is 0 Å². The Kier molecular flexibility index (Phi) is 4.98. The van der Waals surface area contributed by atoms with Crippen molar-refractivity contribution in [2.75, 3.05) is 5.32 Å². The highest BCUT2D eigenvalue weighted by Crippen LogP contribution is 2.21. The fraction of sp³-hybridized carbons (Fsp3) is 0.188. The second kappa shape index (κ2) is 6.74. The van der Waals surface area contributed by atoms with Crippen molar-refractivity contribution in [1.29, 1.82) is 0 Å². The van der Waals surface area contributed by atoms with Crippen molar-refractivity contribution < 1.29 is 9.90 Å². The van der Waals surface area contributed by atoms with Gasteiger partial charge in [-0.05, 0) is 48.7 Å². The first-order valence-corrected chi connectivity index (χ1v) is 7.35. The molecule has 0 bridgehead atoms. The molecular formula is C16H17BrN2O2. The summed E-state index contributed by atoms with van der Waals surface area (Å²) in [5.74, 6) is -0.0363. The number of phenols is 1. The van der Waals surface area contributed by atoms with Gasteiger partial charge in [0.25, 0.3) is 0 Å². The van der Waals surface area contributed by atoms with Crippen LogP contribution in [0.25, 0.3) is 0 Å². The van der Waals surface area contributed by atoms with Crippen molar-refractivity contribution in [3.63, 3.8) is 0 Å². The van der Waals surface area contributed by atoms with E-state index in [1.54, 1.807) is 24.3 Å². The van der Waals surface area contributed by atoms with Gasteiger partial charge in [0.05, 0.1) is 6.04 Å². The van der Waals surface area contributed by atoms with E-state index in [1.165, 1.54) is 0 Å². The van der Waals surface area contributed by atoms with Crippen molar-refractivity contribution in [2.45, 2.75) is 19.4 Å². The van der Waals surface area contributed by atoms with Crippen LogP contribution in [0.5, 0.6) is 5.75 Å². The topological polar surface area (TPSA) is 75.4 Å². The Morgan fingerprint density at radius 1 is 1.29 bits per heavy atom. The quantitative estimate of drug-likeness (QED) is 0.794. The summed E-state index contributed by atoms with van der Waals surface area (Å²) in [6, 6.07) is 11.7. The molecule has 2 aromatic carbocycles. The number of phenolic OH excluding ortho intramolecular Hbond substituents is 1. The molecule has 0 radical (unpaired) electrons. The minimum Gasteiger partial charge on any atom is -0.508 e. The van der Waals surface area contributed by atoms with Crippen LogP contribution in [-0.2, 0) is 11.2 Å². The summed E-state index contributed by atoms with van der Waals surface area (Å²) in [6.45, 7) is 1.92. The highest BCUT2D eigenvalue weighted by molar-refractivity contribution is 9.10. The monoisotopic (exact) mass is 348 g/mol. The maximum Gasteiger partial charge on any atom is 0.241 e. The standard InChI is InChI=1S/C16H17BrN2O2/c1-10-2-5-12(17)9-15(10)19-16(21)14(18)8-11-3-6-13(20)7-4-11/h2-7,9,14,20H,8,18H2,1H3,(H,19,21)/t14-/m1/s1. The van der Waals surface area contributed by atoms with Crippen LogP contribution in [0, 0.1) is 6.92 Å². The Labute approximate surface area is 132 Å². The van der Waals surface area contributed by atoms with Gasteiger partial charge < -0.3 is 16.2 Å². The van der Waals surface area contributed by atoms with E-state index in [0.717, 1.165) is 21.3 Å². The summed E-state index contributed by atoms with van der Waals surface area (Å²) in [5.41, 5.74) is 8.56. The van der Waals surface area contributed by atoms with E-state index in [9.17, 15) is 9.90 Å². The summed E-state index contributed by atoms with van der Waals surface area (Å²) >= 11 is 3.38. The second-order valence-corrected chi connectivity index (χ2v) is 5.84. The number of carbonyl (C=O) groups excluding carboxylic acids is 1.